The molecule has 0 spiro atoms. The van der Waals surface area contributed by atoms with Crippen LogP contribution in [0, 0.1) is 0 Å². The zero-order valence-corrected chi connectivity index (χ0v) is 15.0. The summed E-state index contributed by atoms with van der Waals surface area (Å²) >= 11 is 6.12. The first-order valence-electron chi connectivity index (χ1n) is 8.41. The number of amides is 1. The van der Waals surface area contributed by atoms with Gasteiger partial charge in [0.15, 0.2) is 0 Å². The maximum absolute atomic E-state index is 12.7. The molecule has 1 aliphatic heterocycles. The molecule has 0 fully saturated rings. The van der Waals surface area contributed by atoms with Crippen molar-refractivity contribution in [1.82, 2.24) is 14.8 Å². The molecule has 0 aliphatic carbocycles. The predicted octanol–water partition coefficient (Wildman–Crippen LogP) is 3.31. The molecule has 1 atom stereocenters. The summed E-state index contributed by atoms with van der Waals surface area (Å²) in [7, 11) is 0. The van der Waals surface area contributed by atoms with Crippen LogP contribution in [0.25, 0.3) is 5.69 Å². The number of nitrogens with zero attached hydrogens (tertiary/aromatic N) is 4. The van der Waals surface area contributed by atoms with Crippen LogP contribution in [-0.4, -0.2) is 33.3 Å². The van der Waals surface area contributed by atoms with Crippen molar-refractivity contribution in [2.75, 3.05) is 16.8 Å². The zero-order valence-electron chi connectivity index (χ0n) is 14.3. The molecule has 132 valence electrons. The summed E-state index contributed by atoms with van der Waals surface area (Å²) in [4.78, 5) is 18.8. The van der Waals surface area contributed by atoms with Crippen molar-refractivity contribution in [2.45, 2.75) is 19.4 Å². The number of anilines is 2. The lowest BCUT2D eigenvalue weighted by Gasteiger charge is -2.24. The van der Waals surface area contributed by atoms with Gasteiger partial charge in [0.05, 0.1) is 17.9 Å². The molecule has 1 amide bonds. The first-order valence-corrected chi connectivity index (χ1v) is 8.78. The van der Waals surface area contributed by atoms with Crippen molar-refractivity contribution >= 4 is 28.9 Å². The molecule has 7 heteroatoms. The molecule has 3 aromatic rings. The Hall–Kier alpha value is -2.86. The van der Waals surface area contributed by atoms with E-state index in [0.717, 1.165) is 17.8 Å². The van der Waals surface area contributed by atoms with Crippen molar-refractivity contribution < 1.29 is 4.79 Å². The third-order valence-corrected chi connectivity index (χ3v) is 4.80. The van der Waals surface area contributed by atoms with Crippen LogP contribution in [0.15, 0.2) is 55.1 Å². The second-order valence-corrected chi connectivity index (χ2v) is 6.80. The number of carbonyl (C=O) groups excluding carboxylic acids is 1. The lowest BCUT2D eigenvalue weighted by Crippen LogP contribution is -2.37. The lowest BCUT2D eigenvalue weighted by atomic mass is 10.1. The fourth-order valence-electron chi connectivity index (χ4n) is 3.36. The molecule has 1 aliphatic rings. The molecule has 1 N–H and O–H groups in total. The van der Waals surface area contributed by atoms with E-state index in [-0.39, 0.29) is 18.5 Å². The number of aromatic nitrogens is 3. The van der Waals surface area contributed by atoms with Crippen LogP contribution >= 0.6 is 11.6 Å². The number of benzene rings is 2. The van der Waals surface area contributed by atoms with Gasteiger partial charge in [-0.25, -0.2) is 9.67 Å². The number of rotatable bonds is 4. The highest BCUT2D eigenvalue weighted by molar-refractivity contribution is 6.31. The van der Waals surface area contributed by atoms with Crippen molar-refractivity contribution in [1.29, 1.82) is 0 Å². The first kappa shape index (κ1) is 16.6. The minimum absolute atomic E-state index is 0.0998. The van der Waals surface area contributed by atoms with Crippen molar-refractivity contribution in [2.24, 2.45) is 0 Å². The molecule has 0 saturated carbocycles. The van der Waals surface area contributed by atoms with Gasteiger partial charge in [0.25, 0.3) is 0 Å². The highest BCUT2D eigenvalue weighted by atomic mass is 35.5. The Kier molecular flexibility index (Phi) is 4.34. The third kappa shape index (κ3) is 3.15. The number of halogens is 1. The monoisotopic (exact) mass is 367 g/mol. The van der Waals surface area contributed by atoms with E-state index < -0.39 is 0 Å². The normalized spacial score (nSPS) is 15.8. The van der Waals surface area contributed by atoms with Gasteiger partial charge >= 0.3 is 0 Å². The molecule has 0 unspecified atom stereocenters. The van der Waals surface area contributed by atoms with Gasteiger partial charge in [-0.15, -0.1) is 0 Å². The van der Waals surface area contributed by atoms with E-state index >= 15 is 0 Å². The van der Waals surface area contributed by atoms with E-state index in [1.54, 1.807) is 29.2 Å². The number of hydrogen-bond acceptors (Lipinski definition) is 4. The van der Waals surface area contributed by atoms with Crippen molar-refractivity contribution in [3.63, 3.8) is 0 Å². The van der Waals surface area contributed by atoms with E-state index in [0.29, 0.717) is 10.7 Å². The number of fused-ring (bicyclic) bond motifs is 1. The van der Waals surface area contributed by atoms with Gasteiger partial charge in [-0.3, -0.25) is 4.79 Å². The van der Waals surface area contributed by atoms with Gasteiger partial charge in [-0.05, 0) is 43.2 Å². The molecule has 1 aromatic heterocycles. The molecule has 0 bridgehead atoms. The lowest BCUT2D eigenvalue weighted by molar-refractivity contribution is -0.115. The molecule has 2 aromatic carbocycles. The Labute approximate surface area is 156 Å². The van der Waals surface area contributed by atoms with Gasteiger partial charge in [-0.2, -0.15) is 5.10 Å². The van der Waals surface area contributed by atoms with Crippen LogP contribution in [0.2, 0.25) is 5.02 Å². The fraction of sp³-hybridized carbons (Fsp3) is 0.211. The maximum atomic E-state index is 12.7. The molecule has 2 heterocycles. The van der Waals surface area contributed by atoms with Gasteiger partial charge < -0.3 is 10.2 Å². The second-order valence-electron chi connectivity index (χ2n) is 6.36. The Morgan fingerprint density at radius 3 is 2.92 bits per heavy atom. The van der Waals surface area contributed by atoms with E-state index in [1.807, 2.05) is 12.1 Å². The third-order valence-electron chi connectivity index (χ3n) is 4.56. The maximum Gasteiger partial charge on any atom is 0.243 e. The molecular weight excluding hydrogens is 350 g/mol. The largest absolute Gasteiger partial charge is 0.359 e. The number of hydrogen-bond donors (Lipinski definition) is 1. The fourth-order valence-corrected chi connectivity index (χ4v) is 3.53. The summed E-state index contributed by atoms with van der Waals surface area (Å²) in [6.45, 7) is 2.41. The Balaban J connectivity index is 1.55. The number of nitrogens with one attached hydrogen (secondary N) is 1. The Morgan fingerprint density at radius 2 is 2.12 bits per heavy atom. The number of para-hydroxylation sites is 1. The highest BCUT2D eigenvalue weighted by Gasteiger charge is 2.27. The molecule has 6 nitrogen and oxygen atoms in total. The van der Waals surface area contributed by atoms with Crippen LogP contribution in [0.4, 0.5) is 11.4 Å². The van der Waals surface area contributed by atoms with E-state index in [1.165, 1.54) is 11.9 Å². The highest BCUT2D eigenvalue weighted by Crippen LogP contribution is 2.31. The van der Waals surface area contributed by atoms with E-state index in [4.69, 9.17) is 11.6 Å². The second kappa shape index (κ2) is 6.80. The quantitative estimate of drug-likeness (QED) is 0.768. The smallest absolute Gasteiger partial charge is 0.243 e. The van der Waals surface area contributed by atoms with Crippen molar-refractivity contribution in [3.8, 4) is 5.69 Å². The summed E-state index contributed by atoms with van der Waals surface area (Å²) < 4.78 is 1.60. The average molecular weight is 368 g/mol. The summed E-state index contributed by atoms with van der Waals surface area (Å²) in [5.41, 5.74) is 3.72. The zero-order chi connectivity index (χ0) is 18.1. The molecule has 0 saturated heterocycles. The number of carbonyl (C=O) groups is 1. The average Bonchev–Trinajstić information content (AvgIpc) is 3.24. The van der Waals surface area contributed by atoms with E-state index in [9.17, 15) is 4.79 Å². The molecule has 4 rings (SSSR count). The molecular formula is C19H18ClN5O. The van der Waals surface area contributed by atoms with Crippen molar-refractivity contribution in [3.05, 3.63) is 65.7 Å². The van der Waals surface area contributed by atoms with Gasteiger partial charge in [0.2, 0.25) is 5.91 Å². The van der Waals surface area contributed by atoms with Gasteiger partial charge in [-0.1, -0.05) is 29.8 Å². The Morgan fingerprint density at radius 1 is 1.27 bits per heavy atom. The Bertz CT molecular complexity index is 941. The van der Waals surface area contributed by atoms with Crippen LogP contribution in [-0.2, 0) is 11.2 Å². The topological polar surface area (TPSA) is 63.1 Å². The van der Waals surface area contributed by atoms with E-state index in [2.05, 4.69) is 39.4 Å². The van der Waals surface area contributed by atoms with Crippen LogP contribution in [0.5, 0.6) is 0 Å². The van der Waals surface area contributed by atoms with Crippen LogP contribution in [0.3, 0.4) is 0 Å². The molecule has 26 heavy (non-hydrogen) atoms. The minimum atomic E-state index is -0.0998. The minimum Gasteiger partial charge on any atom is -0.359 e. The summed E-state index contributed by atoms with van der Waals surface area (Å²) in [5, 5.41) is 7.64. The van der Waals surface area contributed by atoms with Crippen LogP contribution < -0.4 is 10.2 Å². The van der Waals surface area contributed by atoms with Crippen LogP contribution in [0.1, 0.15) is 12.5 Å². The van der Waals surface area contributed by atoms with Gasteiger partial charge in [0, 0.05) is 16.8 Å². The molecule has 0 radical (unpaired) electrons. The summed E-state index contributed by atoms with van der Waals surface area (Å²) in [5.74, 6) is -0.0998. The SMILES string of the molecule is C[C@H]1Cc2ccccc2N1CC(=O)Nc1cc(Cl)ccc1-n1cncn1. The van der Waals surface area contributed by atoms with Gasteiger partial charge in [0.1, 0.15) is 12.7 Å². The summed E-state index contributed by atoms with van der Waals surface area (Å²) in [6, 6.07) is 13.8. The summed E-state index contributed by atoms with van der Waals surface area (Å²) in [6.07, 6.45) is 3.98. The standard InChI is InChI=1S/C19H18ClN5O/c1-13-8-14-4-2-3-5-17(14)24(13)10-19(26)23-16-9-15(20)6-7-18(16)25-12-21-11-22-25/h2-7,9,11-13H,8,10H2,1H3,(H,23,26)/t13-/m0/s1. The first-order chi connectivity index (χ1) is 12.6. The predicted molar refractivity (Wildman–Crippen MR) is 102 cm³/mol.